The molecule has 9 nitrogen and oxygen atoms in total. The normalized spacial score (nSPS) is 17.8. The Kier molecular flexibility index (Phi) is 3.95. The third-order valence-corrected chi connectivity index (χ3v) is 4.77. The van der Waals surface area contributed by atoms with Crippen LogP contribution in [0.25, 0.3) is 11.2 Å². The van der Waals surface area contributed by atoms with Gasteiger partial charge >= 0.3 is 17.7 Å². The van der Waals surface area contributed by atoms with Crippen molar-refractivity contribution in [2.75, 3.05) is 33.4 Å². The van der Waals surface area contributed by atoms with Crippen LogP contribution in [0.5, 0.6) is 6.01 Å². The van der Waals surface area contributed by atoms with E-state index in [-0.39, 0.29) is 12.0 Å². The van der Waals surface area contributed by atoms with Crippen LogP contribution in [-0.2, 0) is 11.8 Å². The molecule has 0 atom stereocenters. The summed E-state index contributed by atoms with van der Waals surface area (Å²) >= 11 is 0. The Bertz CT molecular complexity index is 863. The van der Waals surface area contributed by atoms with Gasteiger partial charge in [0.05, 0.1) is 19.9 Å². The predicted octanol–water partition coefficient (Wildman–Crippen LogP) is 0.465. The van der Waals surface area contributed by atoms with Crippen LogP contribution in [0.15, 0.2) is 11.0 Å². The Labute approximate surface area is 144 Å². The van der Waals surface area contributed by atoms with Crippen molar-refractivity contribution >= 4 is 17.2 Å². The minimum atomic E-state index is -0.434. The summed E-state index contributed by atoms with van der Waals surface area (Å²) in [6.45, 7) is 2.70. The molecule has 0 aromatic carbocycles. The van der Waals surface area contributed by atoms with Crippen LogP contribution in [0.1, 0.15) is 12.8 Å². The third kappa shape index (κ3) is 2.88. The number of ether oxygens (including phenoxy) is 2. The molecular weight excluding hydrogens is 326 g/mol. The molecule has 2 aromatic heterocycles. The zero-order chi connectivity index (χ0) is 17.6. The molecule has 1 saturated heterocycles. The first kappa shape index (κ1) is 16.1. The lowest BCUT2D eigenvalue weighted by atomic mass is 10.0. The smallest absolute Gasteiger partial charge is 0.338 e. The molecule has 1 aliphatic carbocycles. The highest BCUT2D eigenvalue weighted by Crippen LogP contribution is 2.29. The van der Waals surface area contributed by atoms with Crippen molar-refractivity contribution in [1.29, 1.82) is 0 Å². The minimum Gasteiger partial charge on any atom is -0.467 e. The highest BCUT2D eigenvalue weighted by Gasteiger charge is 2.34. The predicted molar refractivity (Wildman–Crippen MR) is 88.7 cm³/mol. The SMILES string of the molecule is COc1ncc2c(n1)n(C)c(=O)n2C(=O)N1CC(COCC2CC2)C1. The Morgan fingerprint density at radius 1 is 1.28 bits per heavy atom. The minimum absolute atomic E-state index is 0.157. The largest absolute Gasteiger partial charge is 0.467 e. The zero-order valence-electron chi connectivity index (χ0n) is 14.3. The van der Waals surface area contributed by atoms with E-state index in [2.05, 4.69) is 9.97 Å². The van der Waals surface area contributed by atoms with Gasteiger partial charge in [-0.2, -0.15) is 4.98 Å². The molecule has 3 heterocycles. The first-order chi connectivity index (χ1) is 12.1. The van der Waals surface area contributed by atoms with Crippen LogP contribution in [0, 0.1) is 11.8 Å². The topological polar surface area (TPSA) is 91.5 Å². The van der Waals surface area contributed by atoms with E-state index in [1.54, 1.807) is 11.9 Å². The summed E-state index contributed by atoms with van der Waals surface area (Å²) in [6.07, 6.45) is 3.98. The van der Waals surface area contributed by atoms with E-state index in [4.69, 9.17) is 9.47 Å². The Morgan fingerprint density at radius 3 is 2.68 bits per heavy atom. The summed E-state index contributed by atoms with van der Waals surface area (Å²) < 4.78 is 13.1. The second-order valence-corrected chi connectivity index (χ2v) is 6.78. The van der Waals surface area contributed by atoms with E-state index in [1.807, 2.05) is 0 Å². The molecular formula is C16H21N5O4. The highest BCUT2D eigenvalue weighted by atomic mass is 16.5. The van der Waals surface area contributed by atoms with Gasteiger partial charge in [0, 0.05) is 32.7 Å². The Balaban J connectivity index is 1.47. The molecule has 0 spiro atoms. The number of carbonyl (C=O) groups is 1. The molecule has 0 bridgehead atoms. The van der Waals surface area contributed by atoms with Crippen molar-refractivity contribution in [1.82, 2.24) is 24.0 Å². The molecule has 0 N–H and O–H groups in total. The van der Waals surface area contributed by atoms with Crippen molar-refractivity contribution in [3.63, 3.8) is 0 Å². The van der Waals surface area contributed by atoms with Crippen LogP contribution in [-0.4, -0.2) is 63.4 Å². The fraction of sp³-hybridized carbons (Fsp3) is 0.625. The number of rotatable bonds is 5. The molecule has 134 valence electrons. The monoisotopic (exact) mass is 347 g/mol. The molecule has 9 heteroatoms. The molecule has 2 fully saturated rings. The second-order valence-electron chi connectivity index (χ2n) is 6.78. The number of amides is 1. The quantitative estimate of drug-likeness (QED) is 0.781. The van der Waals surface area contributed by atoms with E-state index in [0.717, 1.165) is 17.1 Å². The van der Waals surface area contributed by atoms with Crippen LogP contribution in [0.4, 0.5) is 4.79 Å². The summed E-state index contributed by atoms with van der Waals surface area (Å²) in [6, 6.07) is -0.188. The number of nitrogens with zero attached hydrogens (tertiary/aromatic N) is 5. The number of aromatic nitrogens is 4. The van der Waals surface area contributed by atoms with Gasteiger partial charge in [0.25, 0.3) is 0 Å². The number of imidazole rings is 1. The van der Waals surface area contributed by atoms with Gasteiger partial charge in [-0.05, 0) is 18.8 Å². The average molecular weight is 347 g/mol. The molecule has 1 amide bonds. The maximum absolute atomic E-state index is 12.7. The molecule has 1 saturated carbocycles. The first-order valence-corrected chi connectivity index (χ1v) is 8.44. The number of hydrogen-bond donors (Lipinski definition) is 0. The van der Waals surface area contributed by atoms with E-state index in [9.17, 15) is 9.59 Å². The maximum atomic E-state index is 12.7. The van der Waals surface area contributed by atoms with Crippen molar-refractivity contribution in [3.8, 4) is 6.01 Å². The lowest BCUT2D eigenvalue weighted by molar-refractivity contribution is 0.0290. The van der Waals surface area contributed by atoms with E-state index < -0.39 is 5.69 Å². The Morgan fingerprint density at radius 2 is 2.00 bits per heavy atom. The molecule has 25 heavy (non-hydrogen) atoms. The van der Waals surface area contributed by atoms with Gasteiger partial charge in [0.2, 0.25) is 0 Å². The van der Waals surface area contributed by atoms with Gasteiger partial charge in [0.15, 0.2) is 5.65 Å². The zero-order valence-corrected chi connectivity index (χ0v) is 14.3. The number of carbonyl (C=O) groups excluding carboxylic acids is 1. The van der Waals surface area contributed by atoms with Gasteiger partial charge in [0.1, 0.15) is 5.52 Å². The fourth-order valence-electron chi connectivity index (χ4n) is 3.04. The number of likely N-dealkylation sites (tertiary alicyclic amines) is 1. The van der Waals surface area contributed by atoms with Crippen LogP contribution in [0.3, 0.4) is 0 Å². The van der Waals surface area contributed by atoms with E-state index >= 15 is 0 Å². The maximum Gasteiger partial charge on any atom is 0.338 e. The van der Waals surface area contributed by atoms with Crippen molar-refractivity contribution in [3.05, 3.63) is 16.7 Å². The number of aryl methyl sites for hydroxylation is 1. The summed E-state index contributed by atoms with van der Waals surface area (Å²) in [7, 11) is 3.03. The molecule has 4 rings (SSSR count). The number of methoxy groups -OCH3 is 1. The van der Waals surface area contributed by atoms with Gasteiger partial charge in [-0.1, -0.05) is 0 Å². The summed E-state index contributed by atoms with van der Waals surface area (Å²) in [5.41, 5.74) is 0.317. The molecule has 1 aliphatic heterocycles. The van der Waals surface area contributed by atoms with Crippen molar-refractivity contribution in [2.24, 2.45) is 18.9 Å². The summed E-state index contributed by atoms with van der Waals surface area (Å²) in [5.74, 6) is 1.08. The fourth-order valence-corrected chi connectivity index (χ4v) is 3.04. The van der Waals surface area contributed by atoms with Gasteiger partial charge in [-0.15, -0.1) is 0 Å². The van der Waals surface area contributed by atoms with E-state index in [1.165, 1.54) is 30.7 Å². The lowest BCUT2D eigenvalue weighted by Crippen LogP contribution is -2.54. The number of hydrogen-bond acceptors (Lipinski definition) is 6. The first-order valence-electron chi connectivity index (χ1n) is 8.44. The van der Waals surface area contributed by atoms with E-state index in [0.29, 0.717) is 36.8 Å². The van der Waals surface area contributed by atoms with Crippen molar-refractivity contribution in [2.45, 2.75) is 12.8 Å². The highest BCUT2D eigenvalue weighted by molar-refractivity contribution is 5.88. The standard InChI is InChI=1S/C16H21N5O4/c1-19-13-12(5-17-14(18-13)24-2)21(15(19)22)16(23)20-6-11(7-20)9-25-8-10-3-4-10/h5,10-11H,3-4,6-9H2,1-2H3. The second kappa shape index (κ2) is 6.14. The van der Waals surface area contributed by atoms with Gasteiger partial charge in [-0.3, -0.25) is 4.57 Å². The third-order valence-electron chi connectivity index (χ3n) is 4.77. The van der Waals surface area contributed by atoms with Gasteiger partial charge < -0.3 is 14.4 Å². The molecule has 0 radical (unpaired) electrons. The van der Waals surface area contributed by atoms with Gasteiger partial charge in [-0.25, -0.2) is 19.1 Å². The molecule has 0 unspecified atom stereocenters. The average Bonchev–Trinajstić information content (AvgIpc) is 3.36. The molecule has 2 aliphatic rings. The van der Waals surface area contributed by atoms with Crippen LogP contribution >= 0.6 is 0 Å². The number of fused-ring (bicyclic) bond motifs is 1. The summed E-state index contributed by atoms with van der Waals surface area (Å²) in [5, 5.41) is 0. The lowest BCUT2D eigenvalue weighted by Gasteiger charge is -2.38. The molecule has 2 aromatic rings. The van der Waals surface area contributed by atoms with Crippen molar-refractivity contribution < 1.29 is 14.3 Å². The van der Waals surface area contributed by atoms with Crippen LogP contribution < -0.4 is 10.4 Å². The summed E-state index contributed by atoms with van der Waals surface area (Å²) in [4.78, 5) is 35.0. The Hall–Kier alpha value is -2.42. The van der Waals surface area contributed by atoms with Crippen LogP contribution in [0.2, 0.25) is 0 Å².